The fraction of sp³-hybridized carbons (Fsp3) is 0.442. The number of carbonyl (C=O) groups is 1. The second-order valence-electron chi connectivity index (χ2n) is 15.6. The van der Waals surface area contributed by atoms with Crippen molar-refractivity contribution in [1.82, 2.24) is 0 Å². The Morgan fingerprint density at radius 3 is 1.98 bits per heavy atom. The Morgan fingerprint density at radius 2 is 1.32 bits per heavy atom. The highest BCUT2D eigenvalue weighted by molar-refractivity contribution is 5.88. The summed E-state index contributed by atoms with van der Waals surface area (Å²) in [4.78, 5) is 26.2. The van der Waals surface area contributed by atoms with E-state index in [4.69, 9.17) is 37.6 Å². The van der Waals surface area contributed by atoms with Gasteiger partial charge in [-0.2, -0.15) is 0 Å². The molecule has 4 heterocycles. The summed E-state index contributed by atoms with van der Waals surface area (Å²) < 4.78 is 44.9. The molecule has 4 aromatic rings. The Bertz CT molecular complexity index is 2420. The van der Waals surface area contributed by atoms with Crippen molar-refractivity contribution in [2.24, 2.45) is 0 Å². The molecule has 3 fully saturated rings. The highest BCUT2D eigenvalue weighted by Gasteiger charge is 2.52. The number of hydrogen-bond acceptors (Lipinski definition) is 23. The van der Waals surface area contributed by atoms with Crippen LogP contribution in [0.25, 0.3) is 28.4 Å². The van der Waals surface area contributed by atoms with Crippen LogP contribution < -0.4 is 14.9 Å². The summed E-state index contributed by atoms with van der Waals surface area (Å²) in [5.41, 5.74) is -1.19. The molecule has 23 nitrogen and oxygen atoms in total. The first kappa shape index (κ1) is 48.5. The van der Waals surface area contributed by atoms with E-state index in [9.17, 15) is 76.0 Å². The third kappa shape index (κ3) is 9.67. The predicted molar refractivity (Wildman–Crippen MR) is 219 cm³/mol. The van der Waals surface area contributed by atoms with E-state index in [1.165, 1.54) is 55.7 Å². The summed E-state index contributed by atoms with van der Waals surface area (Å²) in [5.74, 6) is -2.89. The summed E-state index contributed by atoms with van der Waals surface area (Å²) in [6.45, 7) is -2.32. The summed E-state index contributed by atoms with van der Waals surface area (Å²) in [6.07, 6.45) is -24.4. The fourth-order valence-electron chi connectivity index (χ4n) is 7.69. The van der Waals surface area contributed by atoms with Crippen LogP contribution in [0.5, 0.6) is 28.7 Å². The summed E-state index contributed by atoms with van der Waals surface area (Å²) in [6, 6.07) is 11.8. The maximum Gasteiger partial charge on any atom is 0.330 e. The largest absolute Gasteiger partial charge is 0.508 e. The van der Waals surface area contributed by atoms with E-state index in [0.717, 1.165) is 18.2 Å². The van der Waals surface area contributed by atoms with Gasteiger partial charge in [0.2, 0.25) is 6.29 Å². The van der Waals surface area contributed by atoms with Gasteiger partial charge < -0.3 is 104 Å². The van der Waals surface area contributed by atoms with Crippen LogP contribution in [-0.4, -0.2) is 185 Å². The van der Waals surface area contributed by atoms with Crippen molar-refractivity contribution < 1.29 is 109 Å². The second-order valence-corrected chi connectivity index (χ2v) is 15.6. The number of aliphatic hydroxyl groups is 10. The average Bonchev–Trinajstić information content (AvgIpc) is 3.30. The number of methoxy groups -OCH3 is 1. The number of ether oxygens (including phenoxy) is 7. The van der Waals surface area contributed by atoms with Gasteiger partial charge in [0.05, 0.1) is 25.9 Å². The standard InChI is InChI=1S/C43H48O23/c1-59-23-10-17(5-8-21(23)63-42-38(57)35(54)31(50)26(14-45)64-42)22-11-19(47)29-24(61-22)12-20(48)30(34(29)53)40-41(37(56)32(51)25(13-44)62-40)66-43-39(58)36(55)33(52)27(65-43)15-60-28(49)9-4-16-2-6-18(46)7-3-16/h2-12,25-27,31-33,35-46,48,50-58H,13-15H2,1H3/t25-,26-,27-,31-,32-,33-,35+,36+,37+,38-,39-,40+,41-,42-,43+/m1/s1. The first-order valence-corrected chi connectivity index (χ1v) is 20.3. The number of carbonyl (C=O) groups excluding carboxylic acids is 1. The van der Waals surface area contributed by atoms with Crippen LogP contribution in [0.3, 0.4) is 0 Å². The lowest BCUT2D eigenvalue weighted by atomic mass is 9.89. The van der Waals surface area contributed by atoms with Crippen LogP contribution in [0, 0.1) is 0 Å². The number of phenols is 3. The number of benzene rings is 3. The monoisotopic (exact) mass is 932 g/mol. The molecule has 3 aliphatic rings. The molecule has 0 amide bonds. The van der Waals surface area contributed by atoms with E-state index < -0.39 is 146 Å². The lowest BCUT2D eigenvalue weighted by Gasteiger charge is -2.46. The van der Waals surface area contributed by atoms with Gasteiger partial charge in [-0.25, -0.2) is 4.79 Å². The molecule has 0 radical (unpaired) electrons. The van der Waals surface area contributed by atoms with Gasteiger partial charge >= 0.3 is 5.97 Å². The van der Waals surface area contributed by atoms with Gasteiger partial charge in [0, 0.05) is 23.8 Å². The van der Waals surface area contributed by atoms with Crippen LogP contribution >= 0.6 is 0 Å². The number of aliphatic hydroxyl groups excluding tert-OH is 10. The fourth-order valence-corrected chi connectivity index (χ4v) is 7.69. The molecule has 3 aliphatic heterocycles. The van der Waals surface area contributed by atoms with Gasteiger partial charge in [0.25, 0.3) is 0 Å². The van der Waals surface area contributed by atoms with Crippen molar-refractivity contribution in [3.8, 4) is 40.1 Å². The number of esters is 1. The number of rotatable bonds is 13. The zero-order valence-corrected chi connectivity index (χ0v) is 34.5. The zero-order valence-electron chi connectivity index (χ0n) is 34.5. The van der Waals surface area contributed by atoms with Gasteiger partial charge in [-0.3, -0.25) is 4.79 Å². The molecule has 7 rings (SSSR count). The van der Waals surface area contributed by atoms with Gasteiger partial charge in [-0.15, -0.1) is 0 Å². The van der Waals surface area contributed by atoms with Crippen LogP contribution in [0.2, 0.25) is 0 Å². The molecule has 0 bridgehead atoms. The van der Waals surface area contributed by atoms with Gasteiger partial charge in [0.15, 0.2) is 23.2 Å². The normalized spacial score (nSPS) is 32.6. The van der Waals surface area contributed by atoms with Gasteiger partial charge in [-0.1, -0.05) is 12.1 Å². The van der Waals surface area contributed by atoms with E-state index in [-0.39, 0.29) is 34.2 Å². The molecule has 23 heteroatoms. The van der Waals surface area contributed by atoms with Gasteiger partial charge in [-0.05, 0) is 42.0 Å². The van der Waals surface area contributed by atoms with E-state index in [2.05, 4.69) is 0 Å². The van der Waals surface area contributed by atoms with E-state index >= 15 is 0 Å². The highest BCUT2D eigenvalue weighted by atomic mass is 16.7. The number of fused-ring (bicyclic) bond motifs is 1. The molecular formula is C43H48O23. The van der Waals surface area contributed by atoms with Crippen LogP contribution in [0.15, 0.2) is 69.9 Å². The first-order chi connectivity index (χ1) is 31.4. The quantitative estimate of drug-likeness (QED) is 0.0482. The molecule has 13 N–H and O–H groups in total. The SMILES string of the molecule is COc1cc(-c2cc(=O)c3c(O)c([C@@H]4O[C@H](CO)[C@@H](O)[C@H](O)[C@H]4O[C@@H]4O[C@H](COC(=O)C=Cc5ccc(O)cc5)[C@@H](O)[C@H](O)[C@H]4O)c(O)cc3o2)ccc1O[C@@H]1O[C@H](CO)[C@@H](O)[C@H](O)[C@H]1O. The van der Waals surface area contributed by atoms with Crippen molar-refractivity contribution in [2.75, 3.05) is 26.9 Å². The van der Waals surface area contributed by atoms with Crippen LogP contribution in [0.1, 0.15) is 17.2 Å². The van der Waals surface area contributed by atoms with Crippen molar-refractivity contribution in [3.05, 3.63) is 82.0 Å². The zero-order chi connectivity index (χ0) is 47.7. The Morgan fingerprint density at radius 1 is 0.697 bits per heavy atom. The third-order valence-electron chi connectivity index (χ3n) is 11.4. The maximum atomic E-state index is 13.8. The lowest BCUT2D eigenvalue weighted by molar-refractivity contribution is -0.342. The van der Waals surface area contributed by atoms with Gasteiger partial charge in [0.1, 0.15) is 120 Å². The predicted octanol–water partition coefficient (Wildman–Crippen LogP) is -2.63. The second kappa shape index (κ2) is 20.2. The molecule has 0 saturated carbocycles. The maximum absolute atomic E-state index is 13.8. The molecule has 1 aromatic heterocycles. The lowest BCUT2D eigenvalue weighted by Crippen LogP contribution is -2.63. The van der Waals surface area contributed by atoms with Crippen molar-refractivity contribution in [3.63, 3.8) is 0 Å². The van der Waals surface area contributed by atoms with Crippen molar-refractivity contribution in [1.29, 1.82) is 0 Å². The topological polar surface area (TPSA) is 375 Å². The molecule has 0 spiro atoms. The van der Waals surface area contributed by atoms with E-state index in [1.807, 2.05) is 0 Å². The molecular weight excluding hydrogens is 884 g/mol. The van der Waals surface area contributed by atoms with Crippen molar-refractivity contribution in [2.45, 2.75) is 91.9 Å². The van der Waals surface area contributed by atoms with Crippen LogP contribution in [0.4, 0.5) is 0 Å². The minimum absolute atomic E-state index is 0.00187. The average molecular weight is 933 g/mol. The molecule has 15 atom stereocenters. The molecule has 0 aliphatic carbocycles. The van der Waals surface area contributed by atoms with E-state index in [0.29, 0.717) is 5.56 Å². The molecule has 3 aromatic carbocycles. The minimum Gasteiger partial charge on any atom is -0.508 e. The molecule has 358 valence electrons. The highest BCUT2D eigenvalue weighted by Crippen LogP contribution is 2.46. The number of phenolic OH excluding ortho intramolecular Hbond substituents is 3. The Balaban J connectivity index is 1.14. The molecule has 3 saturated heterocycles. The Kier molecular flexibility index (Phi) is 14.8. The van der Waals surface area contributed by atoms with E-state index in [1.54, 1.807) is 0 Å². The minimum atomic E-state index is -2.07. The van der Waals surface area contributed by atoms with Crippen molar-refractivity contribution >= 4 is 23.0 Å². The molecule has 66 heavy (non-hydrogen) atoms. The number of hydrogen-bond donors (Lipinski definition) is 13. The van der Waals surface area contributed by atoms with Crippen LogP contribution in [-0.2, 0) is 28.5 Å². The Hall–Kier alpha value is -5.48. The summed E-state index contributed by atoms with van der Waals surface area (Å²) in [5, 5.41) is 137. The number of aromatic hydroxyl groups is 3. The summed E-state index contributed by atoms with van der Waals surface area (Å²) in [7, 11) is 1.26. The smallest absolute Gasteiger partial charge is 0.330 e. The third-order valence-corrected chi connectivity index (χ3v) is 11.4. The molecule has 0 unspecified atom stereocenters. The Labute approximate surface area is 372 Å². The first-order valence-electron chi connectivity index (χ1n) is 20.3. The summed E-state index contributed by atoms with van der Waals surface area (Å²) >= 11 is 0.